The van der Waals surface area contributed by atoms with Crippen molar-refractivity contribution < 1.29 is 9.84 Å². The molecule has 1 N–H and O–H groups in total. The fourth-order valence-electron chi connectivity index (χ4n) is 1.22. The third-order valence-corrected chi connectivity index (χ3v) is 2.03. The lowest BCUT2D eigenvalue weighted by Gasteiger charge is -2.23. The van der Waals surface area contributed by atoms with E-state index in [0.717, 1.165) is 19.6 Å². The van der Waals surface area contributed by atoms with Crippen LogP contribution in [0, 0.1) is 17.2 Å². The lowest BCUT2D eigenvalue weighted by molar-refractivity contribution is 0.125. The monoisotopic (exact) mass is 200 g/mol. The van der Waals surface area contributed by atoms with Crippen LogP contribution in [-0.4, -0.2) is 50.0 Å². The molecule has 0 aromatic heterocycles. The van der Waals surface area contributed by atoms with Crippen LogP contribution in [-0.2, 0) is 4.74 Å². The van der Waals surface area contributed by atoms with Gasteiger partial charge in [-0.3, -0.25) is 4.90 Å². The van der Waals surface area contributed by atoms with Gasteiger partial charge in [-0.1, -0.05) is 6.92 Å². The van der Waals surface area contributed by atoms with Gasteiger partial charge in [-0.05, 0) is 5.92 Å². The molecule has 1 atom stereocenters. The van der Waals surface area contributed by atoms with Crippen LogP contribution in [0.4, 0.5) is 0 Å². The van der Waals surface area contributed by atoms with Crippen molar-refractivity contribution in [3.05, 3.63) is 0 Å². The maximum atomic E-state index is 8.91. The van der Waals surface area contributed by atoms with Crippen molar-refractivity contribution in [3.63, 3.8) is 0 Å². The summed E-state index contributed by atoms with van der Waals surface area (Å²) in [6.07, 6.45) is 0.530. The second-order valence-electron chi connectivity index (χ2n) is 3.49. The molecule has 0 saturated heterocycles. The van der Waals surface area contributed by atoms with E-state index in [1.165, 1.54) is 0 Å². The van der Waals surface area contributed by atoms with Gasteiger partial charge in [0.1, 0.15) is 0 Å². The Morgan fingerprint density at radius 2 is 2.21 bits per heavy atom. The molecule has 0 fully saturated rings. The van der Waals surface area contributed by atoms with Gasteiger partial charge in [-0.2, -0.15) is 5.26 Å². The largest absolute Gasteiger partial charge is 0.396 e. The third kappa shape index (κ3) is 6.84. The Morgan fingerprint density at radius 3 is 2.71 bits per heavy atom. The SMILES string of the molecule is COCCN(CCC#N)CC(C)CO. The number of hydrogen-bond donors (Lipinski definition) is 1. The van der Waals surface area contributed by atoms with Crippen molar-refractivity contribution in [2.45, 2.75) is 13.3 Å². The maximum Gasteiger partial charge on any atom is 0.0635 e. The predicted octanol–water partition coefficient (Wildman–Crippen LogP) is 0.477. The Labute approximate surface area is 86.1 Å². The molecule has 0 bridgehead atoms. The summed E-state index contributed by atoms with van der Waals surface area (Å²) in [6.45, 7) is 5.25. The number of hydrogen-bond acceptors (Lipinski definition) is 4. The molecule has 1 unspecified atom stereocenters. The van der Waals surface area contributed by atoms with E-state index in [4.69, 9.17) is 15.1 Å². The van der Waals surface area contributed by atoms with Gasteiger partial charge in [0.15, 0.2) is 0 Å². The van der Waals surface area contributed by atoms with Gasteiger partial charge in [0.25, 0.3) is 0 Å². The zero-order valence-corrected chi connectivity index (χ0v) is 9.07. The summed E-state index contributed by atoms with van der Waals surface area (Å²) in [6, 6.07) is 2.12. The Hall–Kier alpha value is -0.630. The quantitative estimate of drug-likeness (QED) is 0.619. The fourth-order valence-corrected chi connectivity index (χ4v) is 1.22. The first-order valence-corrected chi connectivity index (χ1v) is 4.93. The molecule has 0 rings (SSSR count). The van der Waals surface area contributed by atoms with Crippen LogP contribution in [0.25, 0.3) is 0 Å². The van der Waals surface area contributed by atoms with Gasteiger partial charge in [-0.15, -0.1) is 0 Å². The van der Waals surface area contributed by atoms with E-state index in [1.807, 2.05) is 6.92 Å². The van der Waals surface area contributed by atoms with Crippen LogP contribution in [0.5, 0.6) is 0 Å². The molecular formula is C10H20N2O2. The van der Waals surface area contributed by atoms with Crippen LogP contribution < -0.4 is 0 Å². The molecule has 0 saturated carbocycles. The maximum absolute atomic E-state index is 8.91. The number of rotatable bonds is 8. The zero-order valence-electron chi connectivity index (χ0n) is 9.07. The molecule has 0 amide bonds. The highest BCUT2D eigenvalue weighted by Gasteiger charge is 2.08. The average molecular weight is 200 g/mol. The number of nitriles is 1. The number of aliphatic hydroxyl groups excluding tert-OH is 1. The summed E-state index contributed by atoms with van der Waals surface area (Å²) in [5, 5.41) is 17.4. The first-order chi connectivity index (χ1) is 6.74. The van der Waals surface area contributed by atoms with Crippen LogP contribution in [0.2, 0.25) is 0 Å². The van der Waals surface area contributed by atoms with Crippen molar-refractivity contribution in [1.29, 1.82) is 5.26 Å². The average Bonchev–Trinajstić information content (AvgIpc) is 2.21. The smallest absolute Gasteiger partial charge is 0.0635 e. The van der Waals surface area contributed by atoms with Gasteiger partial charge >= 0.3 is 0 Å². The van der Waals surface area contributed by atoms with Crippen molar-refractivity contribution in [2.24, 2.45) is 5.92 Å². The molecule has 0 aliphatic carbocycles. The van der Waals surface area contributed by atoms with Gasteiger partial charge in [0, 0.05) is 39.8 Å². The van der Waals surface area contributed by atoms with Crippen LogP contribution >= 0.6 is 0 Å². The third-order valence-electron chi connectivity index (χ3n) is 2.03. The summed E-state index contributed by atoms with van der Waals surface area (Å²) in [7, 11) is 1.66. The predicted molar refractivity (Wildman–Crippen MR) is 54.8 cm³/mol. The van der Waals surface area contributed by atoms with E-state index < -0.39 is 0 Å². The Kier molecular flexibility index (Phi) is 8.54. The molecule has 0 heterocycles. The summed E-state index contributed by atoms with van der Waals surface area (Å²) in [5.41, 5.74) is 0. The first kappa shape index (κ1) is 13.4. The van der Waals surface area contributed by atoms with Crippen LogP contribution in [0.3, 0.4) is 0 Å². The molecule has 14 heavy (non-hydrogen) atoms. The molecule has 0 radical (unpaired) electrons. The highest BCUT2D eigenvalue weighted by Crippen LogP contribution is 1.99. The lowest BCUT2D eigenvalue weighted by Crippen LogP contribution is -2.33. The molecule has 0 spiro atoms. The van der Waals surface area contributed by atoms with Crippen LogP contribution in [0.1, 0.15) is 13.3 Å². The summed E-state index contributed by atoms with van der Waals surface area (Å²) >= 11 is 0. The number of ether oxygens (including phenoxy) is 1. The Bertz CT molecular complexity index is 168. The topological polar surface area (TPSA) is 56.5 Å². The van der Waals surface area contributed by atoms with Gasteiger partial charge in [-0.25, -0.2) is 0 Å². The summed E-state index contributed by atoms with van der Waals surface area (Å²) in [5.74, 6) is 0.255. The standard InChI is InChI=1S/C10H20N2O2/c1-10(9-13)8-12(5-3-4-11)6-7-14-2/h10,13H,3,5-9H2,1-2H3. The minimum atomic E-state index is 0.191. The van der Waals surface area contributed by atoms with Crippen molar-refractivity contribution >= 4 is 0 Å². The Balaban J connectivity index is 3.78. The Morgan fingerprint density at radius 1 is 1.50 bits per heavy atom. The van der Waals surface area contributed by atoms with E-state index in [1.54, 1.807) is 7.11 Å². The number of methoxy groups -OCH3 is 1. The minimum absolute atomic E-state index is 0.191. The molecule has 0 aliphatic rings. The highest BCUT2D eigenvalue weighted by molar-refractivity contribution is 4.73. The van der Waals surface area contributed by atoms with Gasteiger partial charge in [0.2, 0.25) is 0 Å². The molecule has 0 aromatic carbocycles. The molecule has 0 aromatic rings. The van der Waals surface area contributed by atoms with E-state index in [0.29, 0.717) is 13.0 Å². The van der Waals surface area contributed by atoms with Gasteiger partial charge in [0.05, 0.1) is 12.7 Å². The fraction of sp³-hybridized carbons (Fsp3) is 0.900. The number of aliphatic hydroxyl groups is 1. The second kappa shape index (κ2) is 8.95. The van der Waals surface area contributed by atoms with Crippen LogP contribution in [0.15, 0.2) is 0 Å². The van der Waals surface area contributed by atoms with Crippen molar-refractivity contribution in [2.75, 3.05) is 40.0 Å². The van der Waals surface area contributed by atoms with Gasteiger partial charge < -0.3 is 9.84 Å². The van der Waals surface area contributed by atoms with Crippen molar-refractivity contribution in [1.82, 2.24) is 4.90 Å². The molecule has 0 aliphatic heterocycles. The summed E-state index contributed by atoms with van der Waals surface area (Å²) in [4.78, 5) is 2.15. The summed E-state index contributed by atoms with van der Waals surface area (Å²) < 4.78 is 4.98. The van der Waals surface area contributed by atoms with E-state index >= 15 is 0 Å². The van der Waals surface area contributed by atoms with E-state index in [-0.39, 0.29) is 12.5 Å². The normalized spacial score (nSPS) is 12.8. The van der Waals surface area contributed by atoms with Crippen molar-refractivity contribution in [3.8, 4) is 6.07 Å². The second-order valence-corrected chi connectivity index (χ2v) is 3.49. The highest BCUT2D eigenvalue weighted by atomic mass is 16.5. The molecule has 4 nitrogen and oxygen atoms in total. The minimum Gasteiger partial charge on any atom is -0.396 e. The molecule has 82 valence electrons. The van der Waals surface area contributed by atoms with E-state index in [9.17, 15) is 0 Å². The molecular weight excluding hydrogens is 180 g/mol. The lowest BCUT2D eigenvalue weighted by atomic mass is 10.2. The molecule has 4 heteroatoms. The zero-order chi connectivity index (χ0) is 10.8. The first-order valence-electron chi connectivity index (χ1n) is 4.93. The van der Waals surface area contributed by atoms with E-state index in [2.05, 4.69) is 11.0 Å². The number of nitrogens with zero attached hydrogens (tertiary/aromatic N) is 2.